The smallest absolute Gasteiger partial charge is 0.408 e. The average Bonchev–Trinajstić information content (AvgIpc) is 2.42. The maximum absolute atomic E-state index is 14.5. The van der Waals surface area contributed by atoms with E-state index in [2.05, 4.69) is 5.32 Å². The van der Waals surface area contributed by atoms with E-state index in [1.807, 2.05) is 0 Å². The molecule has 2 unspecified atom stereocenters. The third-order valence-corrected chi connectivity index (χ3v) is 2.72. The van der Waals surface area contributed by atoms with Gasteiger partial charge in [0.2, 0.25) is 0 Å². The largest absolute Gasteiger partial charge is 0.444 e. The van der Waals surface area contributed by atoms with Gasteiger partial charge in [0.1, 0.15) is 17.9 Å². The number of nitrogens with one attached hydrogen (secondary N) is 1. The van der Waals surface area contributed by atoms with Crippen LogP contribution in [0.4, 0.5) is 9.18 Å². The van der Waals surface area contributed by atoms with Gasteiger partial charge in [0.05, 0.1) is 12.6 Å². The van der Waals surface area contributed by atoms with Gasteiger partial charge >= 0.3 is 6.09 Å². The number of alkyl carbamates (subject to hydrolysis) is 1. The number of hydrogen-bond donors (Lipinski definition) is 3. The van der Waals surface area contributed by atoms with Crippen molar-refractivity contribution < 1.29 is 24.1 Å². The Labute approximate surface area is 123 Å². The predicted octanol–water partition coefficient (Wildman–Crippen LogP) is 1.94. The van der Waals surface area contributed by atoms with E-state index in [1.165, 1.54) is 0 Å². The van der Waals surface area contributed by atoms with Crippen LogP contribution in [0.25, 0.3) is 0 Å². The lowest BCUT2D eigenvalue weighted by atomic mass is 9.99. The SMILES string of the molecule is CC(C)(C)OC(=O)NC(C(O)CO)[C@H](F)c1ccccc1. The van der Waals surface area contributed by atoms with Crippen LogP contribution in [0.1, 0.15) is 32.5 Å². The standard InChI is InChI=1S/C15H22FNO4/c1-15(2,3)21-14(20)17-13(11(19)9-18)12(16)10-7-5-4-6-8-10/h4-8,11-13,18-19H,9H2,1-3H3,(H,17,20)/t11?,12-,13?/m1/s1. The molecule has 0 spiro atoms. The summed E-state index contributed by atoms with van der Waals surface area (Å²) in [6.45, 7) is 4.35. The Morgan fingerprint density at radius 1 is 1.33 bits per heavy atom. The molecule has 0 heterocycles. The number of ether oxygens (including phenoxy) is 1. The average molecular weight is 299 g/mol. The molecule has 0 fully saturated rings. The van der Waals surface area contributed by atoms with Gasteiger partial charge in [-0.25, -0.2) is 9.18 Å². The van der Waals surface area contributed by atoms with Gasteiger partial charge < -0.3 is 20.3 Å². The van der Waals surface area contributed by atoms with Crippen LogP contribution in [0.3, 0.4) is 0 Å². The number of halogens is 1. The van der Waals surface area contributed by atoms with Gasteiger partial charge in [-0.2, -0.15) is 0 Å². The molecule has 0 saturated heterocycles. The highest BCUT2D eigenvalue weighted by Crippen LogP contribution is 2.23. The fraction of sp³-hybridized carbons (Fsp3) is 0.533. The van der Waals surface area contributed by atoms with Crippen molar-refractivity contribution in [2.45, 2.75) is 44.7 Å². The van der Waals surface area contributed by atoms with Gasteiger partial charge in [-0.15, -0.1) is 0 Å². The highest BCUT2D eigenvalue weighted by molar-refractivity contribution is 5.68. The van der Waals surface area contributed by atoms with Crippen LogP contribution in [-0.4, -0.2) is 40.7 Å². The number of rotatable bonds is 5. The normalized spacial score (nSPS) is 15.9. The lowest BCUT2D eigenvalue weighted by Gasteiger charge is -2.28. The van der Waals surface area contributed by atoms with Gasteiger partial charge in [0, 0.05) is 0 Å². The van der Waals surface area contributed by atoms with Crippen LogP contribution < -0.4 is 5.32 Å². The highest BCUT2D eigenvalue weighted by Gasteiger charge is 2.32. The number of alkyl halides is 1. The molecule has 1 aromatic carbocycles. The van der Waals surface area contributed by atoms with Crippen LogP contribution in [0, 0.1) is 0 Å². The van der Waals surface area contributed by atoms with Gasteiger partial charge in [-0.05, 0) is 26.3 Å². The summed E-state index contributed by atoms with van der Waals surface area (Å²) in [7, 11) is 0. The first-order chi connectivity index (χ1) is 9.74. The lowest BCUT2D eigenvalue weighted by molar-refractivity contribution is 0.0145. The topological polar surface area (TPSA) is 78.8 Å². The second-order valence-electron chi connectivity index (χ2n) is 5.73. The molecule has 3 atom stereocenters. The van der Waals surface area contributed by atoms with E-state index in [9.17, 15) is 14.3 Å². The number of carbonyl (C=O) groups excluding carboxylic acids is 1. The minimum Gasteiger partial charge on any atom is -0.444 e. The first kappa shape index (κ1) is 17.4. The zero-order valence-electron chi connectivity index (χ0n) is 12.4. The van der Waals surface area contributed by atoms with Crippen molar-refractivity contribution in [2.75, 3.05) is 6.61 Å². The van der Waals surface area contributed by atoms with E-state index in [0.29, 0.717) is 5.56 Å². The molecular weight excluding hydrogens is 277 g/mol. The quantitative estimate of drug-likeness (QED) is 0.776. The molecule has 1 rings (SSSR count). The van der Waals surface area contributed by atoms with Crippen molar-refractivity contribution in [3.8, 4) is 0 Å². The molecule has 1 aromatic rings. The minimum absolute atomic E-state index is 0.297. The fourth-order valence-electron chi connectivity index (χ4n) is 1.77. The Morgan fingerprint density at radius 3 is 2.38 bits per heavy atom. The minimum atomic E-state index is -1.67. The highest BCUT2D eigenvalue weighted by atomic mass is 19.1. The first-order valence-corrected chi connectivity index (χ1v) is 6.72. The number of amides is 1. The van der Waals surface area contributed by atoms with Gasteiger partial charge in [0.25, 0.3) is 0 Å². The molecule has 6 heteroatoms. The summed E-state index contributed by atoms with van der Waals surface area (Å²) in [4.78, 5) is 11.7. The van der Waals surface area contributed by atoms with Crippen molar-refractivity contribution >= 4 is 6.09 Å². The molecule has 0 bridgehead atoms. The molecule has 0 aliphatic rings. The van der Waals surface area contributed by atoms with Crippen molar-refractivity contribution in [3.05, 3.63) is 35.9 Å². The maximum Gasteiger partial charge on any atom is 0.408 e. The van der Waals surface area contributed by atoms with Gasteiger partial charge in [-0.1, -0.05) is 30.3 Å². The summed E-state index contributed by atoms with van der Waals surface area (Å²) in [5.41, 5.74) is -0.441. The molecule has 0 aliphatic carbocycles. The molecule has 0 aliphatic heterocycles. The summed E-state index contributed by atoms with van der Waals surface area (Å²) in [6.07, 6.45) is -3.95. The Hall–Kier alpha value is -1.66. The number of benzene rings is 1. The second-order valence-corrected chi connectivity index (χ2v) is 5.73. The number of hydrogen-bond acceptors (Lipinski definition) is 4. The van der Waals surface area contributed by atoms with E-state index >= 15 is 0 Å². The Morgan fingerprint density at radius 2 is 1.90 bits per heavy atom. The molecule has 0 radical (unpaired) electrons. The van der Waals surface area contributed by atoms with Crippen molar-refractivity contribution in [3.63, 3.8) is 0 Å². The van der Waals surface area contributed by atoms with Crippen LogP contribution in [-0.2, 0) is 4.74 Å². The number of aliphatic hydroxyl groups excluding tert-OH is 2. The molecule has 1 amide bonds. The van der Waals surface area contributed by atoms with E-state index < -0.39 is 36.6 Å². The maximum atomic E-state index is 14.5. The molecule has 21 heavy (non-hydrogen) atoms. The monoisotopic (exact) mass is 299 g/mol. The summed E-state index contributed by atoms with van der Waals surface area (Å²) in [5, 5.41) is 21.1. The van der Waals surface area contributed by atoms with E-state index in [1.54, 1.807) is 51.1 Å². The second kappa shape index (κ2) is 7.38. The van der Waals surface area contributed by atoms with E-state index in [-0.39, 0.29) is 0 Å². The molecular formula is C15H22FNO4. The molecule has 5 nitrogen and oxygen atoms in total. The molecule has 0 saturated carbocycles. The lowest BCUT2D eigenvalue weighted by Crippen LogP contribution is -2.49. The third-order valence-electron chi connectivity index (χ3n) is 2.72. The first-order valence-electron chi connectivity index (χ1n) is 6.72. The zero-order valence-corrected chi connectivity index (χ0v) is 12.4. The summed E-state index contributed by atoms with van der Waals surface area (Å²) >= 11 is 0. The van der Waals surface area contributed by atoms with Crippen LogP contribution in [0.15, 0.2) is 30.3 Å². The fourth-order valence-corrected chi connectivity index (χ4v) is 1.77. The molecule has 3 N–H and O–H groups in total. The Bertz CT molecular complexity index is 447. The zero-order chi connectivity index (χ0) is 16.0. The molecule has 118 valence electrons. The molecule has 0 aromatic heterocycles. The van der Waals surface area contributed by atoms with Crippen molar-refractivity contribution in [1.29, 1.82) is 0 Å². The van der Waals surface area contributed by atoms with E-state index in [4.69, 9.17) is 9.84 Å². The summed E-state index contributed by atoms with van der Waals surface area (Å²) in [6, 6.07) is 6.81. The number of aliphatic hydroxyl groups is 2. The van der Waals surface area contributed by atoms with Crippen LogP contribution in [0.2, 0.25) is 0 Å². The third kappa shape index (κ3) is 5.69. The van der Waals surface area contributed by atoms with Crippen molar-refractivity contribution in [2.24, 2.45) is 0 Å². The van der Waals surface area contributed by atoms with Crippen LogP contribution >= 0.6 is 0 Å². The Balaban J connectivity index is 2.84. The van der Waals surface area contributed by atoms with Crippen LogP contribution in [0.5, 0.6) is 0 Å². The van der Waals surface area contributed by atoms with Gasteiger partial charge in [-0.3, -0.25) is 0 Å². The summed E-state index contributed by atoms with van der Waals surface area (Å²) in [5.74, 6) is 0. The van der Waals surface area contributed by atoms with E-state index in [0.717, 1.165) is 0 Å². The Kier molecular flexibility index (Phi) is 6.11. The summed E-state index contributed by atoms with van der Waals surface area (Å²) < 4.78 is 19.5. The van der Waals surface area contributed by atoms with Gasteiger partial charge in [0.15, 0.2) is 0 Å². The predicted molar refractivity (Wildman–Crippen MR) is 76.5 cm³/mol. The number of carbonyl (C=O) groups is 1. The van der Waals surface area contributed by atoms with Crippen molar-refractivity contribution in [1.82, 2.24) is 5.32 Å².